The molecule has 1 aliphatic rings. The number of alkyl halides is 3. The number of aliphatic carboxylic acids is 1. The van der Waals surface area contributed by atoms with Gasteiger partial charge in [0.2, 0.25) is 11.7 Å². The molecule has 1 aliphatic heterocycles. The lowest BCUT2D eigenvalue weighted by molar-refractivity contribution is -0.192. The second kappa shape index (κ2) is 12.9. The highest BCUT2D eigenvalue weighted by molar-refractivity contribution is 5.73. The van der Waals surface area contributed by atoms with Crippen LogP contribution in [-0.2, 0) is 22.6 Å². The predicted octanol–water partition coefficient (Wildman–Crippen LogP) is 4.12. The van der Waals surface area contributed by atoms with Crippen molar-refractivity contribution >= 4 is 5.97 Å². The summed E-state index contributed by atoms with van der Waals surface area (Å²) >= 11 is 0. The minimum absolute atomic E-state index is 0.612. The van der Waals surface area contributed by atoms with Crippen LogP contribution in [0.5, 0.6) is 5.75 Å². The van der Waals surface area contributed by atoms with Crippen LogP contribution in [0, 0.1) is 5.92 Å². The van der Waals surface area contributed by atoms with Gasteiger partial charge < -0.3 is 24.4 Å². The van der Waals surface area contributed by atoms with Crippen molar-refractivity contribution in [2.24, 2.45) is 5.92 Å². The summed E-state index contributed by atoms with van der Waals surface area (Å²) in [6.07, 6.45) is -3.40. The number of halogens is 3. The van der Waals surface area contributed by atoms with Gasteiger partial charge in [-0.15, -0.1) is 0 Å². The summed E-state index contributed by atoms with van der Waals surface area (Å²) in [5, 5.41) is 14.5. The summed E-state index contributed by atoms with van der Waals surface area (Å²) in [6.45, 7) is 3.99. The SMILES string of the molecule is O=C(O)C(F)(F)F.c1ccc(COCCCOc2ccc(-c3noc(CC4CNC4)n3)cc2)cc1. The maximum Gasteiger partial charge on any atom is 0.490 e. The van der Waals surface area contributed by atoms with Crippen molar-refractivity contribution in [1.29, 1.82) is 0 Å². The van der Waals surface area contributed by atoms with E-state index < -0.39 is 12.1 Å². The molecule has 2 N–H and O–H groups in total. The number of hydrogen-bond donors (Lipinski definition) is 2. The van der Waals surface area contributed by atoms with E-state index in [0.717, 1.165) is 37.2 Å². The van der Waals surface area contributed by atoms with Crippen LogP contribution in [0.4, 0.5) is 13.2 Å². The quantitative estimate of drug-likeness (QED) is 0.407. The van der Waals surface area contributed by atoms with Crippen molar-refractivity contribution in [2.45, 2.75) is 25.6 Å². The zero-order valence-electron chi connectivity index (χ0n) is 18.8. The first kappa shape index (κ1) is 26.2. The zero-order valence-corrected chi connectivity index (χ0v) is 18.8. The second-order valence-electron chi connectivity index (χ2n) is 7.81. The number of ether oxygens (including phenoxy) is 2. The van der Waals surface area contributed by atoms with Gasteiger partial charge in [0.15, 0.2) is 0 Å². The van der Waals surface area contributed by atoms with E-state index in [0.29, 0.717) is 37.5 Å². The molecule has 1 aromatic heterocycles. The van der Waals surface area contributed by atoms with Crippen molar-refractivity contribution < 1.29 is 37.1 Å². The van der Waals surface area contributed by atoms with Crippen LogP contribution in [0.2, 0.25) is 0 Å². The van der Waals surface area contributed by atoms with Crippen LogP contribution in [-0.4, -0.2) is 53.7 Å². The number of carboxylic acids is 1. The normalized spacial score (nSPS) is 13.5. The molecule has 188 valence electrons. The van der Waals surface area contributed by atoms with Crippen molar-refractivity contribution in [3.63, 3.8) is 0 Å². The standard InChI is InChI=1S/C22H25N3O3.C2HF3O2/c1-2-5-17(6-3-1)16-26-11-4-12-27-20-9-7-19(8-10-20)22-24-21(28-25-22)13-18-14-23-15-18;3-2(4,5)1(6)7/h1-3,5-10,18,23H,4,11-16H2;(H,6,7). The smallest absolute Gasteiger partial charge is 0.490 e. The maximum absolute atomic E-state index is 10.6. The van der Waals surface area contributed by atoms with Gasteiger partial charge in [-0.3, -0.25) is 0 Å². The Morgan fingerprint density at radius 1 is 1.09 bits per heavy atom. The number of nitrogens with one attached hydrogen (secondary N) is 1. The molecule has 0 bridgehead atoms. The Hall–Kier alpha value is -3.44. The van der Waals surface area contributed by atoms with Gasteiger partial charge in [-0.25, -0.2) is 4.79 Å². The van der Waals surface area contributed by atoms with Crippen LogP contribution >= 0.6 is 0 Å². The highest BCUT2D eigenvalue weighted by Crippen LogP contribution is 2.21. The van der Waals surface area contributed by atoms with Crippen LogP contribution < -0.4 is 10.1 Å². The van der Waals surface area contributed by atoms with Crippen LogP contribution in [0.25, 0.3) is 11.4 Å². The minimum atomic E-state index is -5.08. The summed E-state index contributed by atoms with van der Waals surface area (Å²) < 4.78 is 48.5. The van der Waals surface area contributed by atoms with E-state index in [4.69, 9.17) is 23.9 Å². The Bertz CT molecular complexity index is 1040. The largest absolute Gasteiger partial charge is 0.494 e. The summed E-state index contributed by atoms with van der Waals surface area (Å²) in [4.78, 5) is 13.4. The van der Waals surface area contributed by atoms with Gasteiger partial charge in [-0.05, 0) is 48.8 Å². The molecule has 2 aromatic carbocycles. The van der Waals surface area contributed by atoms with Gasteiger partial charge in [0, 0.05) is 18.4 Å². The summed E-state index contributed by atoms with van der Waals surface area (Å²) in [5.41, 5.74) is 2.12. The molecule has 1 fully saturated rings. The molecule has 0 atom stereocenters. The van der Waals surface area contributed by atoms with E-state index >= 15 is 0 Å². The van der Waals surface area contributed by atoms with Gasteiger partial charge in [-0.2, -0.15) is 18.2 Å². The topological polar surface area (TPSA) is 107 Å². The highest BCUT2D eigenvalue weighted by Gasteiger charge is 2.38. The monoisotopic (exact) mass is 493 g/mol. The van der Waals surface area contributed by atoms with Gasteiger partial charge >= 0.3 is 12.1 Å². The fourth-order valence-electron chi connectivity index (χ4n) is 3.01. The van der Waals surface area contributed by atoms with Crippen LogP contribution in [0.15, 0.2) is 59.1 Å². The van der Waals surface area contributed by atoms with E-state index in [2.05, 4.69) is 27.6 Å². The van der Waals surface area contributed by atoms with Crippen molar-refractivity contribution in [3.8, 4) is 17.1 Å². The molecule has 0 spiro atoms. The number of nitrogens with zero attached hydrogens (tertiary/aromatic N) is 2. The highest BCUT2D eigenvalue weighted by atomic mass is 19.4. The molecular formula is C24H26F3N3O5. The van der Waals surface area contributed by atoms with Crippen molar-refractivity contribution in [2.75, 3.05) is 26.3 Å². The lowest BCUT2D eigenvalue weighted by Gasteiger charge is -2.25. The molecule has 1 saturated heterocycles. The third-order valence-corrected chi connectivity index (χ3v) is 4.97. The molecule has 0 radical (unpaired) electrons. The average Bonchev–Trinajstić information content (AvgIpc) is 3.28. The Kier molecular flexibility index (Phi) is 9.62. The predicted molar refractivity (Wildman–Crippen MR) is 120 cm³/mol. The average molecular weight is 493 g/mol. The van der Waals surface area contributed by atoms with Crippen molar-refractivity contribution in [3.05, 3.63) is 66.1 Å². The Balaban J connectivity index is 0.000000429. The fourth-order valence-corrected chi connectivity index (χ4v) is 3.01. The Morgan fingerprint density at radius 2 is 1.77 bits per heavy atom. The molecule has 0 amide bonds. The van der Waals surface area contributed by atoms with Gasteiger partial charge in [0.25, 0.3) is 0 Å². The third-order valence-electron chi connectivity index (χ3n) is 4.97. The van der Waals surface area contributed by atoms with E-state index in [-0.39, 0.29) is 0 Å². The van der Waals surface area contributed by atoms with Gasteiger partial charge in [-0.1, -0.05) is 35.5 Å². The molecule has 4 rings (SSSR count). The summed E-state index contributed by atoms with van der Waals surface area (Å²) in [6, 6.07) is 18.0. The molecule has 0 aliphatic carbocycles. The van der Waals surface area contributed by atoms with Crippen LogP contribution in [0.3, 0.4) is 0 Å². The number of benzene rings is 2. The van der Waals surface area contributed by atoms with Crippen LogP contribution in [0.1, 0.15) is 17.9 Å². The molecule has 11 heteroatoms. The molecule has 2 heterocycles. The minimum Gasteiger partial charge on any atom is -0.494 e. The Labute approximate surface area is 200 Å². The first-order chi connectivity index (χ1) is 16.8. The maximum atomic E-state index is 10.6. The molecule has 0 saturated carbocycles. The van der Waals surface area contributed by atoms with Gasteiger partial charge in [0.05, 0.1) is 19.8 Å². The number of rotatable bonds is 10. The molecular weight excluding hydrogens is 467 g/mol. The zero-order chi connectivity index (χ0) is 25.1. The van der Waals surface area contributed by atoms with E-state index in [9.17, 15) is 13.2 Å². The number of hydrogen-bond acceptors (Lipinski definition) is 7. The summed E-state index contributed by atoms with van der Waals surface area (Å²) in [7, 11) is 0. The second-order valence-corrected chi connectivity index (χ2v) is 7.81. The molecule has 3 aromatic rings. The number of carboxylic acid groups (broad SMARTS) is 1. The van der Waals surface area contributed by atoms with E-state index in [1.165, 1.54) is 5.56 Å². The molecule has 8 nitrogen and oxygen atoms in total. The third kappa shape index (κ3) is 9.02. The lowest BCUT2D eigenvalue weighted by atomic mass is 10.00. The first-order valence-corrected chi connectivity index (χ1v) is 11.0. The molecule has 0 unspecified atom stereocenters. The fraction of sp³-hybridized carbons (Fsp3) is 0.375. The van der Waals surface area contributed by atoms with Gasteiger partial charge in [0.1, 0.15) is 5.75 Å². The summed E-state index contributed by atoms with van der Waals surface area (Å²) in [5.74, 6) is 0.0183. The first-order valence-electron chi connectivity index (χ1n) is 11.0. The molecule has 35 heavy (non-hydrogen) atoms. The number of aromatic nitrogens is 2. The van der Waals surface area contributed by atoms with E-state index in [1.807, 2.05) is 42.5 Å². The Morgan fingerprint density at radius 3 is 2.37 bits per heavy atom. The lowest BCUT2D eigenvalue weighted by Crippen LogP contribution is -2.43. The number of carbonyl (C=O) groups is 1. The van der Waals surface area contributed by atoms with Crippen molar-refractivity contribution in [1.82, 2.24) is 15.5 Å². The van der Waals surface area contributed by atoms with E-state index in [1.54, 1.807) is 0 Å².